The van der Waals surface area contributed by atoms with Crippen molar-refractivity contribution in [3.05, 3.63) is 42.7 Å². The number of nitrogens with one attached hydrogen (secondary N) is 1. The van der Waals surface area contributed by atoms with E-state index in [9.17, 15) is 9.59 Å². The lowest BCUT2D eigenvalue weighted by Crippen LogP contribution is -2.50. The Hall–Kier alpha value is -2.25. The van der Waals surface area contributed by atoms with Crippen LogP contribution < -0.4 is 5.32 Å². The third-order valence-electron chi connectivity index (χ3n) is 6.07. The zero-order chi connectivity index (χ0) is 21.2. The van der Waals surface area contributed by atoms with Crippen LogP contribution in [0, 0.1) is 5.92 Å². The number of carbonyl (C=O) groups is 2. The van der Waals surface area contributed by atoms with Gasteiger partial charge in [0.05, 0.1) is 0 Å². The predicted octanol–water partition coefficient (Wildman–Crippen LogP) is 1.52. The van der Waals surface area contributed by atoms with Crippen molar-refractivity contribution in [3.8, 4) is 0 Å². The van der Waals surface area contributed by atoms with Crippen molar-refractivity contribution in [1.29, 1.82) is 0 Å². The minimum absolute atomic E-state index is 0.0165. The van der Waals surface area contributed by atoms with Crippen LogP contribution in [-0.2, 0) is 16.1 Å². The highest BCUT2D eigenvalue weighted by molar-refractivity contribution is 5.79. The molecule has 30 heavy (non-hydrogen) atoms. The molecule has 7 heteroatoms. The first kappa shape index (κ1) is 22.4. The van der Waals surface area contributed by atoms with Crippen molar-refractivity contribution in [3.63, 3.8) is 0 Å². The summed E-state index contributed by atoms with van der Waals surface area (Å²) in [6.45, 7) is 11.1. The van der Waals surface area contributed by atoms with Crippen molar-refractivity contribution in [2.24, 2.45) is 5.92 Å². The van der Waals surface area contributed by atoms with Crippen LogP contribution in [0.2, 0.25) is 0 Å². The van der Waals surface area contributed by atoms with Gasteiger partial charge in [0.1, 0.15) is 0 Å². The first-order valence-corrected chi connectivity index (χ1v) is 11.2. The van der Waals surface area contributed by atoms with Crippen LogP contribution in [0.1, 0.15) is 31.2 Å². The molecule has 1 aromatic rings. The molecule has 3 rings (SSSR count). The molecule has 164 valence electrons. The van der Waals surface area contributed by atoms with Crippen LogP contribution in [0.5, 0.6) is 0 Å². The summed E-state index contributed by atoms with van der Waals surface area (Å²) in [5, 5.41) is 3.01. The molecule has 0 spiro atoms. The molecule has 0 radical (unpaired) electrons. The Morgan fingerprint density at radius 3 is 2.60 bits per heavy atom. The molecule has 1 aromatic heterocycles. The summed E-state index contributed by atoms with van der Waals surface area (Å²) >= 11 is 0. The van der Waals surface area contributed by atoms with Crippen LogP contribution in [0.15, 0.2) is 37.2 Å². The Morgan fingerprint density at radius 1 is 1.10 bits per heavy atom. The Morgan fingerprint density at radius 2 is 1.87 bits per heavy atom. The van der Waals surface area contributed by atoms with E-state index in [4.69, 9.17) is 0 Å². The molecule has 2 saturated heterocycles. The zero-order valence-corrected chi connectivity index (χ0v) is 18.0. The number of piperazine rings is 1. The summed E-state index contributed by atoms with van der Waals surface area (Å²) in [5.74, 6) is 0.306. The fourth-order valence-electron chi connectivity index (χ4n) is 4.29. The van der Waals surface area contributed by atoms with Gasteiger partial charge >= 0.3 is 0 Å². The van der Waals surface area contributed by atoms with Crippen molar-refractivity contribution in [2.75, 3.05) is 52.4 Å². The molecule has 1 N–H and O–H groups in total. The maximum absolute atomic E-state index is 13.2. The smallest absolute Gasteiger partial charge is 0.225 e. The summed E-state index contributed by atoms with van der Waals surface area (Å²) in [6.07, 6.45) is 8.58. The summed E-state index contributed by atoms with van der Waals surface area (Å²) in [6, 6.07) is 4.03. The van der Waals surface area contributed by atoms with Gasteiger partial charge in [-0.1, -0.05) is 6.08 Å². The van der Waals surface area contributed by atoms with Gasteiger partial charge < -0.3 is 10.2 Å². The fourth-order valence-corrected chi connectivity index (χ4v) is 4.29. The third kappa shape index (κ3) is 6.92. The molecule has 0 aromatic carbocycles. The van der Waals surface area contributed by atoms with Gasteiger partial charge in [0, 0.05) is 77.1 Å². The van der Waals surface area contributed by atoms with E-state index in [0.717, 1.165) is 71.6 Å². The Kier molecular flexibility index (Phi) is 8.83. The normalized spacial score (nSPS) is 22.7. The van der Waals surface area contributed by atoms with Gasteiger partial charge in [0.2, 0.25) is 11.8 Å². The van der Waals surface area contributed by atoms with Gasteiger partial charge in [-0.3, -0.25) is 24.4 Å². The van der Waals surface area contributed by atoms with Crippen molar-refractivity contribution >= 4 is 11.8 Å². The van der Waals surface area contributed by atoms with E-state index in [1.165, 1.54) is 5.56 Å². The summed E-state index contributed by atoms with van der Waals surface area (Å²) < 4.78 is 0. The lowest BCUT2D eigenvalue weighted by molar-refractivity contribution is -0.138. The summed E-state index contributed by atoms with van der Waals surface area (Å²) in [7, 11) is 0. The van der Waals surface area contributed by atoms with E-state index in [-0.39, 0.29) is 17.7 Å². The van der Waals surface area contributed by atoms with E-state index in [0.29, 0.717) is 13.0 Å². The second kappa shape index (κ2) is 11.8. The summed E-state index contributed by atoms with van der Waals surface area (Å²) in [4.78, 5) is 36.1. The second-order valence-electron chi connectivity index (χ2n) is 8.27. The fraction of sp³-hybridized carbons (Fsp3) is 0.609. The molecule has 3 heterocycles. The zero-order valence-electron chi connectivity index (χ0n) is 18.0. The van der Waals surface area contributed by atoms with Crippen LogP contribution in [0.4, 0.5) is 0 Å². The summed E-state index contributed by atoms with van der Waals surface area (Å²) in [5.41, 5.74) is 1.20. The maximum atomic E-state index is 13.2. The minimum atomic E-state index is -0.0165. The van der Waals surface area contributed by atoms with Crippen LogP contribution >= 0.6 is 0 Å². The molecule has 1 unspecified atom stereocenters. The molecular weight excluding hydrogens is 378 g/mol. The van der Waals surface area contributed by atoms with Crippen LogP contribution in [-0.4, -0.2) is 83.9 Å². The predicted molar refractivity (Wildman–Crippen MR) is 118 cm³/mol. The number of rotatable bonds is 5. The number of hydrogen-bond acceptors (Lipinski definition) is 5. The van der Waals surface area contributed by atoms with Crippen molar-refractivity contribution in [2.45, 2.75) is 32.2 Å². The monoisotopic (exact) mass is 413 g/mol. The Balaban J connectivity index is 1.56. The number of nitrogens with zero attached hydrogens (tertiary/aromatic N) is 4. The molecule has 2 aliphatic rings. The quantitative estimate of drug-likeness (QED) is 0.742. The number of aromatic nitrogens is 1. The van der Waals surface area contributed by atoms with Gasteiger partial charge in [0.25, 0.3) is 0 Å². The highest BCUT2D eigenvalue weighted by atomic mass is 16.2. The van der Waals surface area contributed by atoms with Gasteiger partial charge in [-0.05, 0) is 43.5 Å². The molecule has 0 saturated carbocycles. The number of hydrogen-bond donors (Lipinski definition) is 1. The van der Waals surface area contributed by atoms with E-state index in [2.05, 4.69) is 26.7 Å². The second-order valence-corrected chi connectivity index (χ2v) is 8.27. The first-order valence-electron chi connectivity index (χ1n) is 11.2. The molecule has 0 aliphatic carbocycles. The number of pyridine rings is 1. The van der Waals surface area contributed by atoms with Gasteiger partial charge in [-0.2, -0.15) is 0 Å². The molecule has 2 amide bonds. The molecular formula is C23H35N5O2. The molecule has 7 nitrogen and oxygen atoms in total. The standard InChI is InChI=1S/C23H35N5O2/c1-2-12-26-15-17-28(18-16-26)23(30)21-4-3-13-27(14-8-22(29)25-11-7-21)19-20-5-9-24-10-6-20/h2,5-6,9-10,21H,1,3-4,7-8,11-19H2,(H,25,29). The van der Waals surface area contributed by atoms with Crippen molar-refractivity contribution in [1.82, 2.24) is 25.0 Å². The van der Waals surface area contributed by atoms with E-state index in [1.54, 1.807) is 12.4 Å². The van der Waals surface area contributed by atoms with E-state index >= 15 is 0 Å². The molecule has 2 fully saturated rings. The topological polar surface area (TPSA) is 68.8 Å². The van der Waals surface area contributed by atoms with Gasteiger partial charge in [-0.25, -0.2) is 0 Å². The highest BCUT2D eigenvalue weighted by Crippen LogP contribution is 2.18. The number of amides is 2. The van der Waals surface area contributed by atoms with Gasteiger partial charge in [-0.15, -0.1) is 6.58 Å². The van der Waals surface area contributed by atoms with E-state index < -0.39 is 0 Å². The molecule has 0 bridgehead atoms. The van der Waals surface area contributed by atoms with Gasteiger partial charge in [0.15, 0.2) is 0 Å². The maximum Gasteiger partial charge on any atom is 0.225 e. The Bertz CT molecular complexity index is 688. The minimum Gasteiger partial charge on any atom is -0.356 e. The number of carbonyl (C=O) groups excluding carboxylic acids is 2. The Labute approximate surface area is 180 Å². The lowest BCUT2D eigenvalue weighted by Gasteiger charge is -2.36. The molecule has 1 atom stereocenters. The largest absolute Gasteiger partial charge is 0.356 e. The molecule has 2 aliphatic heterocycles. The van der Waals surface area contributed by atoms with E-state index in [1.807, 2.05) is 23.1 Å². The highest BCUT2D eigenvalue weighted by Gasteiger charge is 2.27. The van der Waals surface area contributed by atoms with Crippen LogP contribution in [0.25, 0.3) is 0 Å². The average molecular weight is 414 g/mol. The SMILES string of the molecule is C=CCN1CCN(C(=O)C2CCCN(Cc3ccncc3)CCC(=O)NCC2)CC1. The third-order valence-corrected chi connectivity index (χ3v) is 6.07. The average Bonchev–Trinajstić information content (AvgIpc) is 2.80. The van der Waals surface area contributed by atoms with Crippen molar-refractivity contribution < 1.29 is 9.59 Å². The first-order chi connectivity index (χ1) is 14.7. The lowest BCUT2D eigenvalue weighted by atomic mass is 9.97. The van der Waals surface area contributed by atoms with Crippen LogP contribution in [0.3, 0.4) is 0 Å².